The molecule has 43 heavy (non-hydrogen) atoms. The highest BCUT2D eigenvalue weighted by molar-refractivity contribution is 5.96. The van der Waals surface area contributed by atoms with Crippen molar-refractivity contribution < 1.29 is 0 Å². The van der Waals surface area contributed by atoms with Gasteiger partial charge in [-0.15, -0.1) is 0 Å². The van der Waals surface area contributed by atoms with E-state index < -0.39 is 0 Å². The summed E-state index contributed by atoms with van der Waals surface area (Å²) in [7, 11) is 4.04. The average molecular weight is 585 g/mol. The zero-order valence-corrected chi connectivity index (χ0v) is 28.1. The van der Waals surface area contributed by atoms with Gasteiger partial charge in [0.05, 0.1) is 11.9 Å². The molecule has 0 amide bonds. The molecule has 5 rings (SSSR count). The van der Waals surface area contributed by atoms with Gasteiger partial charge < -0.3 is 15.2 Å². The summed E-state index contributed by atoms with van der Waals surface area (Å²) in [5.74, 6) is 3.26. The molecule has 0 radical (unpaired) electrons. The highest BCUT2D eigenvalue weighted by Gasteiger charge is 2.28. The maximum Gasteiger partial charge on any atom is 0.142 e. The summed E-state index contributed by atoms with van der Waals surface area (Å²) in [5.41, 5.74) is 8.99. The summed E-state index contributed by atoms with van der Waals surface area (Å²) in [4.78, 5) is 5.36. The SMILES string of the molecule is CC.CCC(CCNC)c1ccc(N/C(C)=N/c2c(C=C(C)C)cc(-c3cnn(C)c3)n2C2CCCCC2)c(C2CC2)c1. The van der Waals surface area contributed by atoms with Gasteiger partial charge in [0, 0.05) is 36.1 Å². The Kier molecular flexibility index (Phi) is 11.9. The van der Waals surface area contributed by atoms with Crippen LogP contribution in [0.1, 0.15) is 134 Å². The fourth-order valence-corrected chi connectivity index (χ4v) is 6.54. The van der Waals surface area contributed by atoms with Crippen LogP contribution in [-0.2, 0) is 7.05 Å². The van der Waals surface area contributed by atoms with E-state index in [0.29, 0.717) is 17.9 Å². The van der Waals surface area contributed by atoms with Crippen LogP contribution in [0.5, 0.6) is 0 Å². The lowest BCUT2D eigenvalue weighted by Gasteiger charge is -2.27. The Hall–Kier alpha value is -3.12. The molecule has 6 heteroatoms. The Labute approximate surface area is 261 Å². The van der Waals surface area contributed by atoms with E-state index in [2.05, 4.69) is 84.5 Å². The molecular weight excluding hydrogens is 528 g/mol. The number of aromatic nitrogens is 3. The first-order valence-electron chi connectivity index (χ1n) is 16.9. The summed E-state index contributed by atoms with van der Waals surface area (Å²) >= 11 is 0. The van der Waals surface area contributed by atoms with Crippen LogP contribution in [0.3, 0.4) is 0 Å². The van der Waals surface area contributed by atoms with E-state index in [9.17, 15) is 0 Å². The zero-order chi connectivity index (χ0) is 30.9. The number of rotatable bonds is 11. The van der Waals surface area contributed by atoms with Gasteiger partial charge in [0.2, 0.25) is 0 Å². The van der Waals surface area contributed by atoms with Crippen molar-refractivity contribution in [1.29, 1.82) is 0 Å². The number of aryl methyl sites for hydroxylation is 1. The Bertz CT molecular complexity index is 1380. The van der Waals surface area contributed by atoms with Gasteiger partial charge in [-0.2, -0.15) is 5.10 Å². The molecule has 2 saturated carbocycles. The molecule has 1 atom stereocenters. The fraction of sp³-hybridized carbons (Fsp3) is 0.568. The van der Waals surface area contributed by atoms with Gasteiger partial charge >= 0.3 is 0 Å². The lowest BCUT2D eigenvalue weighted by atomic mass is 9.90. The van der Waals surface area contributed by atoms with Gasteiger partial charge in [0.15, 0.2) is 0 Å². The van der Waals surface area contributed by atoms with E-state index in [4.69, 9.17) is 4.99 Å². The molecule has 3 aromatic rings. The van der Waals surface area contributed by atoms with Gasteiger partial charge in [0.1, 0.15) is 11.7 Å². The molecule has 2 fully saturated rings. The molecular formula is C37H56N6. The van der Waals surface area contributed by atoms with Crippen LogP contribution >= 0.6 is 0 Å². The zero-order valence-electron chi connectivity index (χ0n) is 28.1. The van der Waals surface area contributed by atoms with Crippen molar-refractivity contribution in [3.63, 3.8) is 0 Å². The third-order valence-electron chi connectivity index (χ3n) is 8.81. The van der Waals surface area contributed by atoms with E-state index in [1.54, 1.807) is 0 Å². The van der Waals surface area contributed by atoms with E-state index in [1.165, 1.54) is 91.4 Å². The molecule has 0 spiro atoms. The minimum Gasteiger partial charge on any atom is -0.344 e. The number of amidine groups is 1. The number of hydrogen-bond donors (Lipinski definition) is 2. The maximum absolute atomic E-state index is 5.36. The molecule has 1 aromatic carbocycles. The van der Waals surface area contributed by atoms with E-state index in [1.807, 2.05) is 38.8 Å². The summed E-state index contributed by atoms with van der Waals surface area (Å²) in [6.07, 6.45) is 17.6. The Morgan fingerprint density at radius 1 is 1.07 bits per heavy atom. The minimum absolute atomic E-state index is 0.453. The largest absolute Gasteiger partial charge is 0.344 e. The normalized spacial score (nSPS) is 16.4. The van der Waals surface area contributed by atoms with Crippen molar-refractivity contribution in [2.75, 3.05) is 18.9 Å². The number of hydrogen-bond acceptors (Lipinski definition) is 3. The first-order chi connectivity index (χ1) is 20.9. The third kappa shape index (κ3) is 8.29. The van der Waals surface area contributed by atoms with Crippen molar-refractivity contribution in [2.45, 2.75) is 117 Å². The predicted molar refractivity (Wildman–Crippen MR) is 186 cm³/mol. The summed E-state index contributed by atoms with van der Waals surface area (Å²) in [6.45, 7) is 13.8. The fourth-order valence-electron chi connectivity index (χ4n) is 6.54. The predicted octanol–water partition coefficient (Wildman–Crippen LogP) is 9.99. The molecule has 234 valence electrons. The van der Waals surface area contributed by atoms with Crippen LogP contribution in [0.15, 0.2) is 47.2 Å². The maximum atomic E-state index is 5.36. The van der Waals surface area contributed by atoms with Crippen LogP contribution in [-0.4, -0.2) is 33.8 Å². The minimum atomic E-state index is 0.453. The van der Waals surface area contributed by atoms with Crippen LogP contribution in [0.2, 0.25) is 0 Å². The van der Waals surface area contributed by atoms with E-state index in [-0.39, 0.29) is 0 Å². The smallest absolute Gasteiger partial charge is 0.142 e. The number of anilines is 1. The van der Waals surface area contributed by atoms with Gasteiger partial charge in [-0.1, -0.05) is 63.8 Å². The molecule has 2 N–H and O–H groups in total. The molecule has 0 saturated heterocycles. The summed E-state index contributed by atoms with van der Waals surface area (Å²) in [6, 6.07) is 9.91. The number of aliphatic imine (C=N–C) groups is 1. The third-order valence-corrected chi connectivity index (χ3v) is 8.81. The second-order valence-electron chi connectivity index (χ2n) is 12.5. The van der Waals surface area contributed by atoms with Crippen molar-refractivity contribution in [3.8, 4) is 11.3 Å². The Morgan fingerprint density at radius 3 is 2.42 bits per heavy atom. The second-order valence-corrected chi connectivity index (χ2v) is 12.5. The second kappa shape index (κ2) is 15.6. The van der Waals surface area contributed by atoms with Crippen molar-refractivity contribution in [2.24, 2.45) is 12.0 Å². The molecule has 6 nitrogen and oxygen atoms in total. The van der Waals surface area contributed by atoms with E-state index >= 15 is 0 Å². The van der Waals surface area contributed by atoms with Gasteiger partial charge in [-0.05, 0) is 108 Å². The molecule has 2 heterocycles. The van der Waals surface area contributed by atoms with Crippen molar-refractivity contribution >= 4 is 23.4 Å². The van der Waals surface area contributed by atoms with Crippen LogP contribution in [0.4, 0.5) is 11.5 Å². The van der Waals surface area contributed by atoms with Gasteiger partial charge in [0.25, 0.3) is 0 Å². The molecule has 2 aliphatic carbocycles. The van der Waals surface area contributed by atoms with Crippen molar-refractivity contribution in [3.05, 3.63) is 58.9 Å². The van der Waals surface area contributed by atoms with Crippen LogP contribution in [0.25, 0.3) is 17.3 Å². The first kappa shape index (κ1) is 32.8. The first-order valence-corrected chi connectivity index (χ1v) is 16.9. The van der Waals surface area contributed by atoms with E-state index in [0.717, 1.165) is 23.8 Å². The molecule has 2 aromatic heterocycles. The highest BCUT2D eigenvalue weighted by atomic mass is 15.2. The Morgan fingerprint density at radius 2 is 1.81 bits per heavy atom. The number of benzene rings is 1. The van der Waals surface area contributed by atoms with Gasteiger partial charge in [-0.25, -0.2) is 4.99 Å². The number of nitrogens with one attached hydrogen (secondary N) is 2. The lowest BCUT2D eigenvalue weighted by molar-refractivity contribution is 0.358. The van der Waals surface area contributed by atoms with Gasteiger partial charge in [-0.3, -0.25) is 4.68 Å². The van der Waals surface area contributed by atoms with Crippen LogP contribution in [0, 0.1) is 0 Å². The number of allylic oxidation sites excluding steroid dienone is 1. The molecule has 0 bridgehead atoms. The summed E-state index contributed by atoms with van der Waals surface area (Å²) in [5, 5.41) is 11.6. The highest BCUT2D eigenvalue weighted by Crippen LogP contribution is 2.45. The Balaban J connectivity index is 0.00000207. The van der Waals surface area contributed by atoms with Crippen molar-refractivity contribution in [1.82, 2.24) is 19.7 Å². The monoisotopic (exact) mass is 584 g/mol. The number of nitrogens with zero attached hydrogens (tertiary/aromatic N) is 4. The molecule has 1 unspecified atom stereocenters. The molecule has 2 aliphatic rings. The summed E-state index contributed by atoms with van der Waals surface area (Å²) < 4.78 is 4.42. The molecule has 0 aliphatic heterocycles. The standard InChI is InChI=1S/C35H50N6.C2H6/c1-7-26(17-18-36-5)28-15-16-33(32(20-28)27-13-14-27)38-25(4)39-35-29(19-24(2)3)21-34(30-22-37-40(6)23-30)41(35)31-11-9-8-10-12-31;1-2/h15-16,19-23,26-27,31,36H,7-14,17-18H2,1-6H3,(H,38,39);1-2H3. The van der Waals surface area contributed by atoms with Crippen LogP contribution < -0.4 is 10.6 Å². The average Bonchev–Trinajstić information content (AvgIpc) is 3.68. The quantitative estimate of drug-likeness (QED) is 0.174. The lowest BCUT2D eigenvalue weighted by Crippen LogP contribution is -2.15. The topological polar surface area (TPSA) is 59.2 Å².